The molecule has 0 aliphatic carbocycles. The summed E-state index contributed by atoms with van der Waals surface area (Å²) < 4.78 is 16.6. The van der Waals surface area contributed by atoms with Gasteiger partial charge in [-0.2, -0.15) is 0 Å². The Hall–Kier alpha value is -2.05. The van der Waals surface area contributed by atoms with Crippen molar-refractivity contribution in [3.63, 3.8) is 0 Å². The van der Waals surface area contributed by atoms with E-state index in [9.17, 15) is 0 Å². The summed E-state index contributed by atoms with van der Waals surface area (Å²) in [7, 11) is 3.25. The number of ether oxygens (including phenoxy) is 2. The van der Waals surface area contributed by atoms with E-state index in [1.54, 1.807) is 14.2 Å². The van der Waals surface area contributed by atoms with Gasteiger partial charge in [0.1, 0.15) is 5.76 Å². The van der Waals surface area contributed by atoms with Gasteiger partial charge in [-0.1, -0.05) is 0 Å². The third kappa shape index (κ3) is 3.80. The van der Waals surface area contributed by atoms with Crippen LogP contribution in [0.1, 0.15) is 25.3 Å². The maximum atomic E-state index is 5.93. The molecule has 136 valence electrons. The Labute approximate surface area is 149 Å². The molecule has 6 nitrogen and oxygen atoms in total. The predicted molar refractivity (Wildman–Crippen MR) is 97.1 cm³/mol. The van der Waals surface area contributed by atoms with Crippen molar-refractivity contribution < 1.29 is 13.9 Å². The lowest BCUT2D eigenvalue weighted by molar-refractivity contribution is 0.137. The number of nitrogens with one attached hydrogen (secondary N) is 1. The second kappa shape index (κ2) is 7.45. The molecule has 2 atom stereocenters. The number of aryl methyl sites for hydroxylation is 1. The molecule has 6 heteroatoms. The van der Waals surface area contributed by atoms with E-state index in [0.29, 0.717) is 29.5 Å². The number of benzene rings is 1. The molecule has 1 aliphatic heterocycles. The predicted octanol–water partition coefficient (Wildman–Crippen LogP) is 2.85. The number of hydrogen-bond donors (Lipinski definition) is 1. The highest BCUT2D eigenvalue weighted by Gasteiger charge is 2.24. The number of aromatic nitrogens is 1. The van der Waals surface area contributed by atoms with Gasteiger partial charge >= 0.3 is 0 Å². The molecule has 0 saturated carbocycles. The molecule has 25 heavy (non-hydrogen) atoms. The summed E-state index contributed by atoms with van der Waals surface area (Å²) >= 11 is 0. The number of hydrogen-bond acceptors (Lipinski definition) is 6. The molecule has 1 fully saturated rings. The van der Waals surface area contributed by atoms with Gasteiger partial charge in [-0.3, -0.25) is 4.90 Å². The van der Waals surface area contributed by atoms with Gasteiger partial charge in [0.2, 0.25) is 5.89 Å². The van der Waals surface area contributed by atoms with Gasteiger partial charge in [-0.25, -0.2) is 4.98 Å². The molecule has 0 radical (unpaired) electrons. The lowest BCUT2D eigenvalue weighted by Gasteiger charge is -2.37. The molecule has 2 aromatic rings. The molecule has 2 heterocycles. The molecular formula is C19H27N3O3. The summed E-state index contributed by atoms with van der Waals surface area (Å²) in [5.41, 5.74) is 1.87. The number of piperazine rings is 1. The highest BCUT2D eigenvalue weighted by Crippen LogP contribution is 2.32. The SMILES string of the molecule is COc1ccc(-c2nc(CN3CC(C)NCC3C)c(C)o2)cc1OC. The molecule has 0 spiro atoms. The summed E-state index contributed by atoms with van der Waals surface area (Å²) in [6, 6.07) is 6.67. The van der Waals surface area contributed by atoms with Gasteiger partial charge in [0.15, 0.2) is 11.5 Å². The molecular weight excluding hydrogens is 318 g/mol. The Morgan fingerprint density at radius 2 is 2.00 bits per heavy atom. The van der Waals surface area contributed by atoms with E-state index < -0.39 is 0 Å². The van der Waals surface area contributed by atoms with Crippen LogP contribution >= 0.6 is 0 Å². The lowest BCUT2D eigenvalue weighted by atomic mass is 10.1. The molecule has 1 aliphatic rings. The van der Waals surface area contributed by atoms with E-state index in [2.05, 4.69) is 24.1 Å². The van der Waals surface area contributed by atoms with E-state index in [1.807, 2.05) is 25.1 Å². The van der Waals surface area contributed by atoms with Crippen LogP contribution in [-0.4, -0.2) is 49.3 Å². The fourth-order valence-corrected chi connectivity index (χ4v) is 3.18. The topological polar surface area (TPSA) is 59.8 Å². The second-order valence-electron chi connectivity index (χ2n) is 6.68. The van der Waals surface area contributed by atoms with Gasteiger partial charge in [-0.15, -0.1) is 0 Å². The number of rotatable bonds is 5. The van der Waals surface area contributed by atoms with Gasteiger partial charge in [0.25, 0.3) is 0 Å². The molecule has 2 unspecified atom stereocenters. The summed E-state index contributed by atoms with van der Waals surface area (Å²) in [5, 5.41) is 3.51. The molecule has 1 aromatic heterocycles. The summed E-state index contributed by atoms with van der Waals surface area (Å²) in [4.78, 5) is 7.19. The van der Waals surface area contributed by atoms with Gasteiger partial charge in [-0.05, 0) is 39.0 Å². The van der Waals surface area contributed by atoms with Crippen LogP contribution in [0, 0.1) is 6.92 Å². The van der Waals surface area contributed by atoms with Crippen molar-refractivity contribution in [3.8, 4) is 23.0 Å². The van der Waals surface area contributed by atoms with Gasteiger partial charge in [0, 0.05) is 37.3 Å². The Morgan fingerprint density at radius 3 is 2.72 bits per heavy atom. The van der Waals surface area contributed by atoms with Crippen molar-refractivity contribution in [3.05, 3.63) is 29.7 Å². The van der Waals surface area contributed by atoms with Crippen LogP contribution in [0.2, 0.25) is 0 Å². The van der Waals surface area contributed by atoms with E-state index in [-0.39, 0.29) is 0 Å². The Bertz CT molecular complexity index is 729. The number of methoxy groups -OCH3 is 2. The molecule has 3 rings (SSSR count). The van der Waals surface area contributed by atoms with Crippen molar-refractivity contribution in [1.82, 2.24) is 15.2 Å². The third-order valence-electron chi connectivity index (χ3n) is 4.77. The summed E-state index contributed by atoms with van der Waals surface area (Å²) in [6.45, 7) is 9.24. The van der Waals surface area contributed by atoms with Crippen molar-refractivity contribution in [2.45, 2.75) is 39.4 Å². The van der Waals surface area contributed by atoms with Crippen LogP contribution in [0.25, 0.3) is 11.5 Å². The number of oxazole rings is 1. The first-order chi connectivity index (χ1) is 12.0. The maximum absolute atomic E-state index is 5.93. The Morgan fingerprint density at radius 1 is 1.24 bits per heavy atom. The van der Waals surface area contributed by atoms with Gasteiger partial charge < -0.3 is 19.2 Å². The molecule has 0 amide bonds. The highest BCUT2D eigenvalue weighted by atomic mass is 16.5. The van der Waals surface area contributed by atoms with Crippen molar-refractivity contribution in [2.24, 2.45) is 0 Å². The van der Waals surface area contributed by atoms with Crippen molar-refractivity contribution in [2.75, 3.05) is 27.3 Å². The standard InChI is InChI=1S/C19H27N3O3/c1-12-10-22(13(2)9-20-12)11-16-14(3)25-19(21-16)15-6-7-17(23-4)18(8-15)24-5/h6-8,12-13,20H,9-11H2,1-5H3. The summed E-state index contributed by atoms with van der Waals surface area (Å²) in [5.74, 6) is 2.84. The van der Waals surface area contributed by atoms with Crippen molar-refractivity contribution >= 4 is 0 Å². The quantitative estimate of drug-likeness (QED) is 0.899. The zero-order valence-electron chi connectivity index (χ0n) is 15.6. The first-order valence-corrected chi connectivity index (χ1v) is 8.68. The normalized spacial score (nSPS) is 21.3. The summed E-state index contributed by atoms with van der Waals surface area (Å²) in [6.07, 6.45) is 0. The average Bonchev–Trinajstić information content (AvgIpc) is 2.98. The molecule has 0 bridgehead atoms. The second-order valence-corrected chi connectivity index (χ2v) is 6.68. The number of nitrogens with zero attached hydrogens (tertiary/aromatic N) is 2. The van der Waals surface area contributed by atoms with Crippen molar-refractivity contribution in [1.29, 1.82) is 0 Å². The van der Waals surface area contributed by atoms with Crippen LogP contribution in [0.4, 0.5) is 0 Å². The van der Waals surface area contributed by atoms with Crippen LogP contribution in [0.3, 0.4) is 0 Å². The van der Waals surface area contributed by atoms with E-state index >= 15 is 0 Å². The van der Waals surface area contributed by atoms with Gasteiger partial charge in [0.05, 0.1) is 19.9 Å². The molecule has 1 aromatic carbocycles. The van der Waals surface area contributed by atoms with Crippen LogP contribution in [0.15, 0.2) is 22.6 Å². The molecule has 1 N–H and O–H groups in total. The monoisotopic (exact) mass is 345 g/mol. The smallest absolute Gasteiger partial charge is 0.226 e. The van der Waals surface area contributed by atoms with Crippen LogP contribution in [-0.2, 0) is 6.54 Å². The average molecular weight is 345 g/mol. The minimum Gasteiger partial charge on any atom is -0.493 e. The zero-order chi connectivity index (χ0) is 18.0. The minimum atomic E-state index is 0.483. The Kier molecular flexibility index (Phi) is 5.30. The zero-order valence-corrected chi connectivity index (χ0v) is 15.6. The first-order valence-electron chi connectivity index (χ1n) is 8.68. The van der Waals surface area contributed by atoms with Crippen LogP contribution < -0.4 is 14.8 Å². The third-order valence-corrected chi connectivity index (χ3v) is 4.77. The lowest BCUT2D eigenvalue weighted by Crippen LogP contribution is -2.53. The van der Waals surface area contributed by atoms with E-state index in [1.165, 1.54) is 0 Å². The first kappa shape index (κ1) is 17.8. The fourth-order valence-electron chi connectivity index (χ4n) is 3.18. The highest BCUT2D eigenvalue weighted by molar-refractivity contribution is 5.60. The maximum Gasteiger partial charge on any atom is 0.226 e. The van der Waals surface area contributed by atoms with E-state index in [0.717, 1.165) is 36.7 Å². The van der Waals surface area contributed by atoms with E-state index in [4.69, 9.17) is 18.9 Å². The minimum absolute atomic E-state index is 0.483. The molecule has 1 saturated heterocycles. The fraction of sp³-hybridized carbons (Fsp3) is 0.526. The Balaban J connectivity index is 1.82. The largest absolute Gasteiger partial charge is 0.493 e. The van der Waals surface area contributed by atoms with Crippen LogP contribution in [0.5, 0.6) is 11.5 Å².